The Morgan fingerprint density at radius 1 is 1.73 bits per heavy atom. The summed E-state index contributed by atoms with van der Waals surface area (Å²) in [6.45, 7) is 5.78. The Kier molecular flexibility index (Phi) is 4.23. The molecule has 1 amide bonds. The molecule has 5 nitrogen and oxygen atoms in total. The number of aromatic nitrogens is 1. The van der Waals surface area contributed by atoms with Crippen molar-refractivity contribution >= 4 is 23.1 Å². The number of carbonyl (C=O) groups excluding carboxylic acids is 1. The number of nitrogens with one attached hydrogen (secondary N) is 1. The second-order valence-electron chi connectivity index (χ2n) is 2.80. The number of hydrazone groups is 1. The lowest BCUT2D eigenvalue weighted by atomic mass is 10.3. The lowest BCUT2D eigenvalue weighted by Gasteiger charge is -2.01. The van der Waals surface area contributed by atoms with E-state index in [1.807, 2.05) is 13.8 Å². The molecule has 1 heterocycles. The molecule has 0 fully saturated rings. The van der Waals surface area contributed by atoms with E-state index in [4.69, 9.17) is 0 Å². The number of amides is 1. The Balaban J connectivity index is 2.61. The van der Waals surface area contributed by atoms with Crippen LogP contribution in [-0.4, -0.2) is 23.4 Å². The number of ether oxygens (including phenoxy) is 1. The highest BCUT2D eigenvalue weighted by atomic mass is 32.1. The van der Waals surface area contributed by atoms with Crippen LogP contribution in [0.3, 0.4) is 0 Å². The standard InChI is InChI=1S/C9H13N3O2S/c1-4-14-9(13)12-11-7(3)8-6(2)10-5-15-8/h5H,4H2,1-3H3,(H,12,13). The second-order valence-corrected chi connectivity index (χ2v) is 3.65. The first-order valence-electron chi connectivity index (χ1n) is 4.52. The number of hydrogen-bond acceptors (Lipinski definition) is 5. The molecule has 0 unspecified atom stereocenters. The average molecular weight is 227 g/mol. The van der Waals surface area contributed by atoms with Crippen molar-refractivity contribution in [3.05, 3.63) is 16.1 Å². The van der Waals surface area contributed by atoms with E-state index in [9.17, 15) is 4.79 Å². The second kappa shape index (κ2) is 5.45. The third-order valence-corrected chi connectivity index (χ3v) is 2.70. The van der Waals surface area contributed by atoms with E-state index in [-0.39, 0.29) is 0 Å². The van der Waals surface area contributed by atoms with Crippen molar-refractivity contribution < 1.29 is 9.53 Å². The molecule has 0 saturated heterocycles. The van der Waals surface area contributed by atoms with Crippen molar-refractivity contribution in [2.24, 2.45) is 5.10 Å². The number of carbonyl (C=O) groups is 1. The molecule has 1 aromatic heterocycles. The van der Waals surface area contributed by atoms with E-state index < -0.39 is 6.09 Å². The number of aryl methyl sites for hydroxylation is 1. The smallest absolute Gasteiger partial charge is 0.427 e. The highest BCUT2D eigenvalue weighted by Gasteiger charge is 2.05. The first-order valence-corrected chi connectivity index (χ1v) is 5.40. The third-order valence-electron chi connectivity index (χ3n) is 1.66. The normalized spacial score (nSPS) is 11.3. The maximum Gasteiger partial charge on any atom is 0.427 e. The first kappa shape index (κ1) is 11.6. The molecule has 15 heavy (non-hydrogen) atoms. The summed E-state index contributed by atoms with van der Waals surface area (Å²) in [5.41, 5.74) is 5.68. The van der Waals surface area contributed by atoms with Crippen LogP contribution in [-0.2, 0) is 4.74 Å². The van der Waals surface area contributed by atoms with Crippen molar-refractivity contribution in [3.63, 3.8) is 0 Å². The van der Waals surface area contributed by atoms with Crippen molar-refractivity contribution in [1.29, 1.82) is 0 Å². The molecule has 82 valence electrons. The predicted molar refractivity (Wildman–Crippen MR) is 59.2 cm³/mol. The summed E-state index contributed by atoms with van der Waals surface area (Å²) in [6, 6.07) is 0. The van der Waals surface area contributed by atoms with Gasteiger partial charge in [0.1, 0.15) is 0 Å². The van der Waals surface area contributed by atoms with Crippen LogP contribution >= 0.6 is 11.3 Å². The average Bonchev–Trinajstić information content (AvgIpc) is 2.61. The van der Waals surface area contributed by atoms with Gasteiger partial charge in [-0.05, 0) is 20.8 Å². The van der Waals surface area contributed by atoms with Gasteiger partial charge in [0.2, 0.25) is 0 Å². The molecule has 0 saturated carbocycles. The highest BCUT2D eigenvalue weighted by molar-refractivity contribution is 7.12. The summed E-state index contributed by atoms with van der Waals surface area (Å²) in [7, 11) is 0. The van der Waals surface area contributed by atoms with Crippen LogP contribution in [0.4, 0.5) is 4.79 Å². The zero-order chi connectivity index (χ0) is 11.3. The van der Waals surface area contributed by atoms with E-state index in [0.29, 0.717) is 6.61 Å². The molecule has 0 aromatic carbocycles. The van der Waals surface area contributed by atoms with Gasteiger partial charge in [0.15, 0.2) is 0 Å². The first-order chi connectivity index (χ1) is 7.15. The zero-order valence-corrected chi connectivity index (χ0v) is 9.72. The van der Waals surface area contributed by atoms with Crippen LogP contribution < -0.4 is 5.43 Å². The molecule has 0 bridgehead atoms. The third kappa shape index (κ3) is 3.32. The monoisotopic (exact) mass is 227 g/mol. The summed E-state index contributed by atoms with van der Waals surface area (Å²) in [5, 5.41) is 3.91. The van der Waals surface area contributed by atoms with Gasteiger partial charge in [-0.1, -0.05) is 0 Å². The molecular formula is C9H13N3O2S. The molecule has 0 aliphatic rings. The molecule has 0 spiro atoms. The van der Waals surface area contributed by atoms with E-state index in [1.54, 1.807) is 12.4 Å². The van der Waals surface area contributed by atoms with Crippen LogP contribution in [0.15, 0.2) is 10.6 Å². The van der Waals surface area contributed by atoms with Gasteiger partial charge in [-0.2, -0.15) is 5.10 Å². The van der Waals surface area contributed by atoms with Gasteiger partial charge in [0, 0.05) is 0 Å². The molecule has 0 aliphatic heterocycles. The summed E-state index contributed by atoms with van der Waals surface area (Å²) >= 11 is 1.49. The lowest BCUT2D eigenvalue weighted by Crippen LogP contribution is -2.20. The molecule has 0 aliphatic carbocycles. The van der Waals surface area contributed by atoms with Crippen molar-refractivity contribution in [2.75, 3.05) is 6.61 Å². The SMILES string of the molecule is CCOC(=O)NN=C(C)c1scnc1C. The quantitative estimate of drug-likeness (QED) is 0.633. The minimum absolute atomic E-state index is 0.333. The van der Waals surface area contributed by atoms with Crippen LogP contribution in [0, 0.1) is 6.92 Å². The predicted octanol–water partition coefficient (Wildman–Crippen LogP) is 1.92. The van der Waals surface area contributed by atoms with Crippen LogP contribution in [0.2, 0.25) is 0 Å². The Labute approximate surface area is 92.2 Å². The van der Waals surface area contributed by atoms with Gasteiger partial charge in [0.25, 0.3) is 0 Å². The van der Waals surface area contributed by atoms with E-state index in [0.717, 1.165) is 16.3 Å². The van der Waals surface area contributed by atoms with Crippen molar-refractivity contribution in [2.45, 2.75) is 20.8 Å². The number of nitrogens with zero attached hydrogens (tertiary/aromatic N) is 2. The lowest BCUT2D eigenvalue weighted by molar-refractivity contribution is 0.152. The van der Waals surface area contributed by atoms with Gasteiger partial charge < -0.3 is 4.74 Å². The molecule has 0 atom stereocenters. The van der Waals surface area contributed by atoms with Crippen LogP contribution in [0.5, 0.6) is 0 Å². The fourth-order valence-electron chi connectivity index (χ4n) is 0.993. The molecule has 1 aromatic rings. The van der Waals surface area contributed by atoms with Crippen LogP contribution in [0.1, 0.15) is 24.4 Å². The maximum absolute atomic E-state index is 10.9. The van der Waals surface area contributed by atoms with E-state index in [1.165, 1.54) is 11.3 Å². The largest absolute Gasteiger partial charge is 0.449 e. The van der Waals surface area contributed by atoms with E-state index in [2.05, 4.69) is 20.2 Å². The van der Waals surface area contributed by atoms with Gasteiger partial charge in [-0.15, -0.1) is 11.3 Å². The molecule has 1 N–H and O–H groups in total. The summed E-state index contributed by atoms with van der Waals surface area (Å²) in [4.78, 5) is 16.0. The maximum atomic E-state index is 10.9. The topological polar surface area (TPSA) is 63.6 Å². The number of rotatable bonds is 3. The molecular weight excluding hydrogens is 214 g/mol. The van der Waals surface area contributed by atoms with Gasteiger partial charge in [-0.25, -0.2) is 15.2 Å². The fourth-order valence-corrected chi connectivity index (χ4v) is 1.75. The summed E-state index contributed by atoms with van der Waals surface area (Å²) in [6.07, 6.45) is -0.543. The molecule has 1 rings (SSSR count). The highest BCUT2D eigenvalue weighted by Crippen LogP contribution is 2.12. The zero-order valence-electron chi connectivity index (χ0n) is 8.90. The minimum atomic E-state index is -0.543. The number of hydrogen-bond donors (Lipinski definition) is 1. The van der Waals surface area contributed by atoms with Gasteiger partial charge in [-0.3, -0.25) is 0 Å². The van der Waals surface area contributed by atoms with Gasteiger partial charge in [0.05, 0.1) is 28.4 Å². The Morgan fingerprint density at radius 2 is 2.47 bits per heavy atom. The Morgan fingerprint density at radius 3 is 3.00 bits per heavy atom. The van der Waals surface area contributed by atoms with Crippen molar-refractivity contribution in [1.82, 2.24) is 10.4 Å². The number of thiazole rings is 1. The van der Waals surface area contributed by atoms with E-state index >= 15 is 0 Å². The van der Waals surface area contributed by atoms with Crippen molar-refractivity contribution in [3.8, 4) is 0 Å². The summed E-state index contributed by atoms with van der Waals surface area (Å²) in [5.74, 6) is 0. The van der Waals surface area contributed by atoms with Crippen LogP contribution in [0.25, 0.3) is 0 Å². The minimum Gasteiger partial charge on any atom is -0.449 e. The Bertz CT molecular complexity index is 373. The molecule has 6 heteroatoms. The molecule has 0 radical (unpaired) electrons. The fraction of sp³-hybridized carbons (Fsp3) is 0.444. The Hall–Kier alpha value is -1.43. The summed E-state index contributed by atoms with van der Waals surface area (Å²) < 4.78 is 4.67. The van der Waals surface area contributed by atoms with Gasteiger partial charge >= 0.3 is 6.09 Å².